The highest BCUT2D eigenvalue weighted by Gasteiger charge is 2.08. The molecule has 0 amide bonds. The zero-order valence-corrected chi connectivity index (χ0v) is 13.0. The molecule has 0 aliphatic heterocycles. The fraction of sp³-hybridized carbons (Fsp3) is 0.105. The van der Waals surface area contributed by atoms with Gasteiger partial charge >= 0.3 is 0 Å². The van der Waals surface area contributed by atoms with Crippen LogP contribution in [0.5, 0.6) is 11.6 Å². The first kappa shape index (κ1) is 14.4. The Morgan fingerprint density at radius 3 is 2.79 bits per heavy atom. The molecule has 4 rings (SSSR count). The molecule has 0 fully saturated rings. The molecule has 4 aromatic rings. The Kier molecular flexibility index (Phi) is 3.67. The summed E-state index contributed by atoms with van der Waals surface area (Å²) in [4.78, 5) is 3.35. The number of para-hydroxylation sites is 1. The lowest BCUT2D eigenvalue weighted by molar-refractivity contribution is 0.309. The molecule has 120 valence electrons. The Bertz CT molecular complexity index is 938. The Morgan fingerprint density at radius 1 is 1.00 bits per heavy atom. The van der Waals surface area contributed by atoms with Gasteiger partial charge < -0.3 is 14.8 Å². The van der Waals surface area contributed by atoms with Gasteiger partial charge in [-0.3, -0.25) is 0 Å². The second-order valence-corrected chi connectivity index (χ2v) is 5.66. The van der Waals surface area contributed by atoms with E-state index >= 15 is 0 Å². The molecule has 5 nitrogen and oxygen atoms in total. The van der Waals surface area contributed by atoms with Crippen LogP contribution in [0.3, 0.4) is 0 Å². The van der Waals surface area contributed by atoms with Crippen LogP contribution in [0.2, 0.25) is 0 Å². The number of ether oxygens (including phenoxy) is 1. The summed E-state index contributed by atoms with van der Waals surface area (Å²) in [6.45, 7) is 0.512. The van der Waals surface area contributed by atoms with Crippen LogP contribution in [0.4, 0.5) is 0 Å². The van der Waals surface area contributed by atoms with E-state index in [-0.39, 0.29) is 5.75 Å². The Hall–Kier alpha value is -3.21. The van der Waals surface area contributed by atoms with E-state index in [9.17, 15) is 5.11 Å². The van der Waals surface area contributed by atoms with Gasteiger partial charge in [-0.25, -0.2) is 5.10 Å². The number of hydrogen-bond donors (Lipinski definition) is 3. The molecule has 0 aliphatic carbocycles. The zero-order chi connectivity index (χ0) is 16.4. The van der Waals surface area contributed by atoms with Crippen molar-refractivity contribution in [1.82, 2.24) is 15.2 Å². The first-order valence-electron chi connectivity index (χ1n) is 7.82. The van der Waals surface area contributed by atoms with Crippen molar-refractivity contribution < 1.29 is 9.84 Å². The van der Waals surface area contributed by atoms with Crippen molar-refractivity contribution >= 4 is 10.9 Å². The smallest absolute Gasteiger partial charge is 0.209 e. The van der Waals surface area contributed by atoms with E-state index in [1.165, 1.54) is 0 Å². The lowest BCUT2D eigenvalue weighted by atomic mass is 10.1. The van der Waals surface area contributed by atoms with Crippen LogP contribution < -0.4 is 4.74 Å². The standard InChI is InChI=1S/C19H17N3O2/c23-15-6-3-4-13(10-15)8-9-24-19-12-18(21-22-19)17-11-14-5-1-2-7-16(14)20-17/h1-7,10-12,20,23H,8-9H2,(H,21,22). The summed E-state index contributed by atoms with van der Waals surface area (Å²) in [6.07, 6.45) is 0.717. The van der Waals surface area contributed by atoms with E-state index in [2.05, 4.69) is 27.3 Å². The van der Waals surface area contributed by atoms with Gasteiger partial charge in [-0.1, -0.05) is 30.3 Å². The molecule has 5 heteroatoms. The predicted octanol–water partition coefficient (Wildman–Crippen LogP) is 3.89. The molecule has 2 aromatic heterocycles. The molecule has 2 heterocycles. The summed E-state index contributed by atoms with van der Waals surface area (Å²) in [7, 11) is 0. The van der Waals surface area contributed by atoms with Gasteiger partial charge in [0.25, 0.3) is 0 Å². The van der Waals surface area contributed by atoms with Crippen LogP contribution in [0.15, 0.2) is 60.7 Å². The minimum atomic E-state index is 0.273. The summed E-state index contributed by atoms with van der Waals surface area (Å²) in [5, 5.41) is 17.8. The van der Waals surface area contributed by atoms with Crippen molar-refractivity contribution in [3.8, 4) is 23.0 Å². The highest BCUT2D eigenvalue weighted by molar-refractivity contribution is 5.85. The molecule has 0 bridgehead atoms. The van der Waals surface area contributed by atoms with Crippen molar-refractivity contribution in [2.24, 2.45) is 0 Å². The fourth-order valence-electron chi connectivity index (χ4n) is 2.72. The van der Waals surface area contributed by atoms with Crippen LogP contribution in [0.25, 0.3) is 22.3 Å². The number of hydrogen-bond acceptors (Lipinski definition) is 3. The summed E-state index contributed by atoms with van der Waals surface area (Å²) in [5.74, 6) is 0.902. The monoisotopic (exact) mass is 319 g/mol. The van der Waals surface area contributed by atoms with E-state index in [0.717, 1.165) is 34.3 Å². The van der Waals surface area contributed by atoms with Crippen molar-refractivity contribution in [1.29, 1.82) is 0 Å². The van der Waals surface area contributed by atoms with Crippen molar-refractivity contribution in [2.75, 3.05) is 6.61 Å². The Morgan fingerprint density at radius 2 is 1.92 bits per heavy atom. The first-order valence-corrected chi connectivity index (χ1v) is 7.82. The van der Waals surface area contributed by atoms with Crippen molar-refractivity contribution in [2.45, 2.75) is 6.42 Å². The van der Waals surface area contributed by atoms with E-state index < -0.39 is 0 Å². The summed E-state index contributed by atoms with van der Waals surface area (Å²) in [6, 6.07) is 19.3. The number of aromatic hydroxyl groups is 1. The van der Waals surface area contributed by atoms with Gasteiger partial charge in [0.2, 0.25) is 5.88 Å². The molecule has 2 aromatic carbocycles. The highest BCUT2D eigenvalue weighted by Crippen LogP contribution is 2.24. The number of nitrogens with zero attached hydrogens (tertiary/aromatic N) is 1. The van der Waals surface area contributed by atoms with Crippen LogP contribution in [0.1, 0.15) is 5.56 Å². The van der Waals surface area contributed by atoms with Gasteiger partial charge in [-0.2, -0.15) is 5.10 Å². The molecule has 3 N–H and O–H groups in total. The normalized spacial score (nSPS) is 11.0. The third-order valence-corrected chi connectivity index (χ3v) is 3.92. The molecule has 0 spiro atoms. The fourth-order valence-corrected chi connectivity index (χ4v) is 2.72. The molecule has 0 saturated carbocycles. The number of phenolic OH excluding ortho intramolecular Hbond substituents is 1. The van der Waals surface area contributed by atoms with Crippen molar-refractivity contribution in [3.05, 3.63) is 66.2 Å². The number of aromatic amines is 2. The van der Waals surface area contributed by atoms with Crippen LogP contribution >= 0.6 is 0 Å². The SMILES string of the molecule is Oc1cccc(CCOc2cc(-c3cc4ccccc4[nH]3)n[nH]2)c1. The van der Waals surface area contributed by atoms with Crippen LogP contribution in [-0.4, -0.2) is 26.9 Å². The minimum Gasteiger partial charge on any atom is -0.508 e. The topological polar surface area (TPSA) is 73.9 Å². The summed E-state index contributed by atoms with van der Waals surface area (Å²) >= 11 is 0. The quantitative estimate of drug-likeness (QED) is 0.522. The highest BCUT2D eigenvalue weighted by atomic mass is 16.5. The molecule has 0 radical (unpaired) electrons. The van der Waals surface area contributed by atoms with Crippen molar-refractivity contribution in [3.63, 3.8) is 0 Å². The average molecular weight is 319 g/mol. The number of nitrogens with one attached hydrogen (secondary N) is 2. The number of phenols is 1. The number of fused-ring (bicyclic) bond motifs is 1. The van der Waals surface area contributed by atoms with E-state index in [1.807, 2.05) is 36.4 Å². The third kappa shape index (κ3) is 2.96. The first-order chi connectivity index (χ1) is 11.8. The lowest BCUT2D eigenvalue weighted by Gasteiger charge is -2.03. The molecule has 0 atom stereocenters. The number of rotatable bonds is 5. The molecule has 0 aliphatic rings. The van der Waals surface area contributed by atoms with Crippen LogP contribution in [0, 0.1) is 0 Å². The predicted molar refractivity (Wildman–Crippen MR) is 93.2 cm³/mol. The van der Waals surface area contributed by atoms with E-state index in [0.29, 0.717) is 12.5 Å². The largest absolute Gasteiger partial charge is 0.508 e. The Balaban J connectivity index is 1.43. The lowest BCUT2D eigenvalue weighted by Crippen LogP contribution is -2.01. The maximum absolute atomic E-state index is 9.46. The summed E-state index contributed by atoms with van der Waals surface area (Å²) in [5.41, 5.74) is 3.89. The third-order valence-electron chi connectivity index (χ3n) is 3.92. The van der Waals surface area contributed by atoms with Gasteiger partial charge in [0, 0.05) is 23.4 Å². The molecule has 0 unspecified atom stereocenters. The van der Waals surface area contributed by atoms with Gasteiger partial charge in [-0.05, 0) is 29.8 Å². The number of benzene rings is 2. The maximum atomic E-state index is 9.46. The second kappa shape index (κ2) is 6.12. The molecular formula is C19H17N3O2. The van der Waals surface area contributed by atoms with Crippen LogP contribution in [-0.2, 0) is 6.42 Å². The molecule has 24 heavy (non-hydrogen) atoms. The molecule has 0 saturated heterocycles. The summed E-state index contributed by atoms with van der Waals surface area (Å²) < 4.78 is 5.71. The van der Waals surface area contributed by atoms with Gasteiger partial charge in [0.05, 0.1) is 12.3 Å². The second-order valence-electron chi connectivity index (χ2n) is 5.66. The molecular weight excluding hydrogens is 302 g/mol. The zero-order valence-electron chi connectivity index (χ0n) is 13.0. The minimum absolute atomic E-state index is 0.273. The Labute approximate surface area is 138 Å². The van der Waals surface area contributed by atoms with Gasteiger partial charge in [0.1, 0.15) is 11.4 Å². The van der Waals surface area contributed by atoms with Gasteiger partial charge in [0.15, 0.2) is 0 Å². The average Bonchev–Trinajstić information content (AvgIpc) is 3.21. The van der Waals surface area contributed by atoms with Gasteiger partial charge in [-0.15, -0.1) is 0 Å². The number of H-pyrrole nitrogens is 2. The maximum Gasteiger partial charge on any atom is 0.209 e. The number of aromatic nitrogens is 3. The van der Waals surface area contributed by atoms with E-state index in [4.69, 9.17) is 4.74 Å². The van der Waals surface area contributed by atoms with E-state index in [1.54, 1.807) is 12.1 Å².